The molecule has 114 valence electrons. The van der Waals surface area contributed by atoms with Crippen molar-refractivity contribution in [3.05, 3.63) is 11.4 Å². The number of methoxy groups -OCH3 is 1. The van der Waals surface area contributed by atoms with Gasteiger partial charge in [0.25, 0.3) is 0 Å². The van der Waals surface area contributed by atoms with E-state index in [0.717, 1.165) is 12.8 Å². The fourth-order valence-electron chi connectivity index (χ4n) is 2.54. The van der Waals surface area contributed by atoms with Crippen molar-refractivity contribution in [2.24, 2.45) is 0 Å². The van der Waals surface area contributed by atoms with Gasteiger partial charge < -0.3 is 10.1 Å². The monoisotopic (exact) mass is 302 g/mol. The van der Waals surface area contributed by atoms with Crippen molar-refractivity contribution in [2.75, 3.05) is 27.2 Å². The van der Waals surface area contributed by atoms with Crippen LogP contribution >= 0.6 is 0 Å². The molecule has 7 nitrogen and oxygen atoms in total. The second kappa shape index (κ2) is 6.21. The van der Waals surface area contributed by atoms with Crippen LogP contribution in [0.25, 0.3) is 0 Å². The van der Waals surface area contributed by atoms with Crippen molar-refractivity contribution in [3.63, 3.8) is 0 Å². The van der Waals surface area contributed by atoms with Crippen LogP contribution in [0.4, 0.5) is 0 Å². The zero-order chi connectivity index (χ0) is 14.8. The highest BCUT2D eigenvalue weighted by Gasteiger charge is 2.34. The minimum absolute atomic E-state index is 0.0292. The first-order valence-electron chi connectivity index (χ1n) is 6.72. The van der Waals surface area contributed by atoms with Crippen LogP contribution in [0.2, 0.25) is 0 Å². The van der Waals surface area contributed by atoms with E-state index in [1.165, 1.54) is 4.31 Å². The fourth-order valence-corrected chi connectivity index (χ4v) is 4.38. The summed E-state index contributed by atoms with van der Waals surface area (Å²) in [7, 11) is -0.138. The van der Waals surface area contributed by atoms with Gasteiger partial charge in [0.2, 0.25) is 10.0 Å². The van der Waals surface area contributed by atoms with Gasteiger partial charge in [-0.05, 0) is 26.8 Å². The predicted molar refractivity (Wildman–Crippen MR) is 74.9 cm³/mol. The molecule has 2 heterocycles. The Bertz CT molecular complexity index is 555. The Kier molecular flexibility index (Phi) is 4.79. The van der Waals surface area contributed by atoms with Gasteiger partial charge in [-0.2, -0.15) is 9.40 Å². The number of piperidine rings is 1. The lowest BCUT2D eigenvalue weighted by Crippen LogP contribution is -2.43. The van der Waals surface area contributed by atoms with Gasteiger partial charge in [0.15, 0.2) is 0 Å². The van der Waals surface area contributed by atoms with E-state index in [1.807, 2.05) is 0 Å². The first-order chi connectivity index (χ1) is 9.50. The predicted octanol–water partition coefficient (Wildman–Crippen LogP) is 0.237. The largest absolute Gasteiger partial charge is 0.380 e. The standard InChI is InChI=1S/C12H22N4O3S/c1-9-12(11(7-13-2)15-14-9)20(17,18)16-6-4-5-10(8-16)19-3/h10,13H,4-8H2,1-3H3,(H,14,15). The summed E-state index contributed by atoms with van der Waals surface area (Å²) in [4.78, 5) is 0.295. The van der Waals surface area contributed by atoms with E-state index in [1.54, 1.807) is 21.1 Å². The molecule has 0 spiro atoms. The van der Waals surface area contributed by atoms with Crippen LogP contribution in [0, 0.1) is 6.92 Å². The number of aryl methyl sites for hydroxylation is 1. The SMILES string of the molecule is CNCc1n[nH]c(C)c1S(=O)(=O)N1CCCC(OC)C1. The van der Waals surface area contributed by atoms with E-state index in [9.17, 15) is 8.42 Å². The molecule has 1 aromatic heterocycles. The van der Waals surface area contributed by atoms with Gasteiger partial charge in [-0.1, -0.05) is 0 Å². The van der Waals surface area contributed by atoms with Crippen LogP contribution in [-0.4, -0.2) is 56.3 Å². The number of aromatic nitrogens is 2. The topological polar surface area (TPSA) is 87.3 Å². The smallest absolute Gasteiger partial charge is 0.246 e. The van der Waals surface area contributed by atoms with E-state index in [2.05, 4.69) is 15.5 Å². The van der Waals surface area contributed by atoms with Crippen molar-refractivity contribution in [1.82, 2.24) is 19.8 Å². The zero-order valence-electron chi connectivity index (χ0n) is 12.1. The molecule has 1 unspecified atom stereocenters. The molecule has 1 aromatic rings. The number of aromatic amines is 1. The Morgan fingerprint density at radius 1 is 1.55 bits per heavy atom. The van der Waals surface area contributed by atoms with Gasteiger partial charge in [-0.15, -0.1) is 0 Å². The zero-order valence-corrected chi connectivity index (χ0v) is 13.0. The normalized spacial score (nSPS) is 21.2. The highest BCUT2D eigenvalue weighted by Crippen LogP contribution is 2.25. The molecule has 0 aromatic carbocycles. The summed E-state index contributed by atoms with van der Waals surface area (Å²) < 4.78 is 32.4. The molecule has 0 radical (unpaired) electrons. The lowest BCUT2D eigenvalue weighted by molar-refractivity contribution is 0.0571. The summed E-state index contributed by atoms with van der Waals surface area (Å²) in [5.74, 6) is 0. The van der Waals surface area contributed by atoms with E-state index in [4.69, 9.17) is 4.74 Å². The maximum Gasteiger partial charge on any atom is 0.246 e. The molecule has 0 aliphatic carbocycles. The minimum atomic E-state index is -3.53. The van der Waals surface area contributed by atoms with Crippen molar-refractivity contribution < 1.29 is 13.2 Å². The van der Waals surface area contributed by atoms with Crippen LogP contribution in [0.15, 0.2) is 4.90 Å². The van der Waals surface area contributed by atoms with E-state index < -0.39 is 10.0 Å². The lowest BCUT2D eigenvalue weighted by atomic mass is 10.1. The van der Waals surface area contributed by atoms with Crippen LogP contribution in [0.3, 0.4) is 0 Å². The third kappa shape index (κ3) is 2.88. The molecule has 0 saturated carbocycles. The van der Waals surface area contributed by atoms with Gasteiger partial charge in [0.1, 0.15) is 4.90 Å². The van der Waals surface area contributed by atoms with Gasteiger partial charge in [0.05, 0.1) is 17.5 Å². The van der Waals surface area contributed by atoms with Crippen molar-refractivity contribution in [1.29, 1.82) is 0 Å². The minimum Gasteiger partial charge on any atom is -0.380 e. The second-order valence-electron chi connectivity index (χ2n) is 5.02. The number of hydrogen-bond acceptors (Lipinski definition) is 5. The second-order valence-corrected chi connectivity index (χ2v) is 6.89. The number of H-pyrrole nitrogens is 1. The Hall–Kier alpha value is -0.960. The highest BCUT2D eigenvalue weighted by atomic mass is 32.2. The molecule has 20 heavy (non-hydrogen) atoms. The van der Waals surface area contributed by atoms with E-state index in [0.29, 0.717) is 35.9 Å². The Labute approximate surface area is 119 Å². The fraction of sp³-hybridized carbons (Fsp3) is 0.750. The van der Waals surface area contributed by atoms with E-state index in [-0.39, 0.29) is 6.10 Å². The first kappa shape index (κ1) is 15.4. The molecule has 1 atom stereocenters. The summed E-state index contributed by atoms with van der Waals surface area (Å²) in [6, 6.07) is 0. The van der Waals surface area contributed by atoms with Crippen LogP contribution in [-0.2, 0) is 21.3 Å². The summed E-state index contributed by atoms with van der Waals surface area (Å²) in [5.41, 5.74) is 1.11. The Morgan fingerprint density at radius 3 is 2.95 bits per heavy atom. The number of nitrogens with zero attached hydrogens (tertiary/aromatic N) is 2. The first-order valence-corrected chi connectivity index (χ1v) is 8.16. The van der Waals surface area contributed by atoms with Gasteiger partial charge in [-0.25, -0.2) is 8.42 Å². The maximum absolute atomic E-state index is 12.8. The number of ether oxygens (including phenoxy) is 1. The van der Waals surface area contributed by atoms with Crippen molar-refractivity contribution in [2.45, 2.75) is 37.3 Å². The average molecular weight is 302 g/mol. The summed E-state index contributed by atoms with van der Waals surface area (Å²) in [6.45, 7) is 3.09. The van der Waals surface area contributed by atoms with Crippen molar-refractivity contribution >= 4 is 10.0 Å². The van der Waals surface area contributed by atoms with Gasteiger partial charge in [0, 0.05) is 26.7 Å². The van der Waals surface area contributed by atoms with Crippen LogP contribution < -0.4 is 5.32 Å². The number of hydrogen-bond donors (Lipinski definition) is 2. The number of nitrogens with one attached hydrogen (secondary N) is 2. The summed E-state index contributed by atoms with van der Waals surface area (Å²) in [6.07, 6.45) is 1.69. The maximum atomic E-state index is 12.8. The molecule has 1 aliphatic heterocycles. The molecule has 1 aliphatic rings. The van der Waals surface area contributed by atoms with Crippen LogP contribution in [0.1, 0.15) is 24.2 Å². The molecular weight excluding hydrogens is 280 g/mol. The third-order valence-corrected chi connectivity index (χ3v) is 5.65. The molecule has 1 fully saturated rings. The summed E-state index contributed by atoms with van der Waals surface area (Å²) >= 11 is 0. The highest BCUT2D eigenvalue weighted by molar-refractivity contribution is 7.89. The molecule has 0 amide bonds. The van der Waals surface area contributed by atoms with E-state index >= 15 is 0 Å². The number of sulfonamides is 1. The molecule has 2 N–H and O–H groups in total. The van der Waals surface area contributed by atoms with Crippen molar-refractivity contribution in [3.8, 4) is 0 Å². The molecule has 1 saturated heterocycles. The summed E-state index contributed by atoms with van der Waals surface area (Å²) in [5, 5.41) is 9.79. The Balaban J connectivity index is 2.32. The van der Waals surface area contributed by atoms with Crippen LogP contribution in [0.5, 0.6) is 0 Å². The quantitative estimate of drug-likeness (QED) is 0.813. The molecule has 0 bridgehead atoms. The van der Waals surface area contributed by atoms with Gasteiger partial charge >= 0.3 is 0 Å². The molecule has 2 rings (SSSR count). The Morgan fingerprint density at radius 2 is 2.30 bits per heavy atom. The lowest BCUT2D eigenvalue weighted by Gasteiger charge is -2.31. The third-order valence-electron chi connectivity index (χ3n) is 3.58. The molecule has 8 heteroatoms. The molecular formula is C12H22N4O3S. The van der Waals surface area contributed by atoms with Gasteiger partial charge in [-0.3, -0.25) is 5.10 Å². The number of rotatable bonds is 5. The average Bonchev–Trinajstić information content (AvgIpc) is 2.81.